The third kappa shape index (κ3) is 1.77. The summed E-state index contributed by atoms with van der Waals surface area (Å²) in [7, 11) is 2.14. The van der Waals surface area contributed by atoms with Crippen LogP contribution in [-0.2, 0) is 4.79 Å². The van der Waals surface area contributed by atoms with Crippen LogP contribution in [0.5, 0.6) is 0 Å². The van der Waals surface area contributed by atoms with E-state index in [-0.39, 0.29) is 12.1 Å². The van der Waals surface area contributed by atoms with E-state index in [0.717, 1.165) is 25.9 Å². The molecule has 2 heterocycles. The second-order valence-corrected chi connectivity index (χ2v) is 4.39. The van der Waals surface area contributed by atoms with Gasteiger partial charge >= 0.3 is 0 Å². The molecule has 0 aromatic heterocycles. The van der Waals surface area contributed by atoms with E-state index in [1.165, 1.54) is 0 Å². The van der Waals surface area contributed by atoms with Crippen LogP contribution < -0.4 is 5.32 Å². The van der Waals surface area contributed by atoms with Crippen LogP contribution in [0.2, 0.25) is 0 Å². The van der Waals surface area contributed by atoms with E-state index in [4.69, 9.17) is 0 Å². The van der Waals surface area contributed by atoms with Crippen LogP contribution >= 0.6 is 0 Å². The van der Waals surface area contributed by atoms with Crippen molar-refractivity contribution in [2.75, 3.05) is 26.7 Å². The first-order valence-electron chi connectivity index (χ1n) is 5.41. The molecule has 1 unspecified atom stereocenters. The fourth-order valence-electron chi connectivity index (χ4n) is 2.43. The number of likely N-dealkylation sites (tertiary alicyclic amines) is 1. The minimum atomic E-state index is 0.232. The van der Waals surface area contributed by atoms with Gasteiger partial charge in [0.15, 0.2) is 0 Å². The fraction of sp³-hybridized carbons (Fsp3) is 0.900. The molecule has 4 nitrogen and oxygen atoms in total. The Morgan fingerprint density at radius 2 is 2.00 bits per heavy atom. The Bertz CT molecular complexity index is 223. The molecule has 2 fully saturated rings. The van der Waals surface area contributed by atoms with E-state index >= 15 is 0 Å². The maximum absolute atomic E-state index is 11.6. The Balaban J connectivity index is 1.97. The average molecular weight is 197 g/mol. The summed E-state index contributed by atoms with van der Waals surface area (Å²) in [5, 5.41) is 3.19. The van der Waals surface area contributed by atoms with E-state index in [1.54, 1.807) is 0 Å². The Labute approximate surface area is 85.2 Å². The van der Waals surface area contributed by atoms with Crippen molar-refractivity contribution in [3.8, 4) is 0 Å². The van der Waals surface area contributed by atoms with Crippen molar-refractivity contribution >= 4 is 5.91 Å². The SMILES string of the molecule is CC1NCC(=O)N1C1CCN(C)CC1. The molecule has 0 aromatic carbocycles. The van der Waals surface area contributed by atoms with Crippen LogP contribution in [0.4, 0.5) is 0 Å². The fourth-order valence-corrected chi connectivity index (χ4v) is 2.43. The molecule has 80 valence electrons. The molecule has 1 N–H and O–H groups in total. The van der Waals surface area contributed by atoms with Gasteiger partial charge in [-0.25, -0.2) is 0 Å². The van der Waals surface area contributed by atoms with Crippen molar-refractivity contribution < 1.29 is 4.79 Å². The normalized spacial score (nSPS) is 31.4. The summed E-state index contributed by atoms with van der Waals surface area (Å²) in [6, 6.07) is 0.462. The molecular weight excluding hydrogens is 178 g/mol. The highest BCUT2D eigenvalue weighted by atomic mass is 16.2. The summed E-state index contributed by atoms with van der Waals surface area (Å²) in [4.78, 5) is 16.0. The molecule has 1 amide bonds. The third-order valence-electron chi connectivity index (χ3n) is 3.34. The largest absolute Gasteiger partial charge is 0.323 e. The number of carbonyl (C=O) groups is 1. The smallest absolute Gasteiger partial charge is 0.238 e. The molecule has 2 aliphatic heterocycles. The van der Waals surface area contributed by atoms with Crippen LogP contribution in [0.1, 0.15) is 19.8 Å². The van der Waals surface area contributed by atoms with Crippen molar-refractivity contribution in [2.45, 2.75) is 32.0 Å². The predicted molar refractivity (Wildman–Crippen MR) is 54.8 cm³/mol. The number of piperidine rings is 1. The molecule has 0 spiro atoms. The monoisotopic (exact) mass is 197 g/mol. The summed E-state index contributed by atoms with van der Waals surface area (Å²) in [5.74, 6) is 0.270. The molecule has 2 aliphatic rings. The molecule has 4 heteroatoms. The number of nitrogens with zero attached hydrogens (tertiary/aromatic N) is 2. The van der Waals surface area contributed by atoms with Gasteiger partial charge in [0.25, 0.3) is 0 Å². The minimum absolute atomic E-state index is 0.232. The average Bonchev–Trinajstić information content (AvgIpc) is 2.49. The first-order valence-corrected chi connectivity index (χ1v) is 5.41. The molecule has 0 bridgehead atoms. The molecule has 1 atom stereocenters. The molecule has 0 aromatic rings. The Kier molecular flexibility index (Phi) is 2.74. The zero-order valence-corrected chi connectivity index (χ0v) is 8.99. The first-order chi connectivity index (χ1) is 6.68. The topological polar surface area (TPSA) is 35.6 Å². The van der Waals surface area contributed by atoms with Crippen molar-refractivity contribution in [2.24, 2.45) is 0 Å². The maximum atomic E-state index is 11.6. The Morgan fingerprint density at radius 3 is 2.50 bits per heavy atom. The van der Waals surface area contributed by atoms with Gasteiger partial charge in [0, 0.05) is 6.04 Å². The van der Waals surface area contributed by atoms with E-state index in [1.807, 2.05) is 4.90 Å². The predicted octanol–water partition coefficient (Wildman–Crippen LogP) is -0.142. The quantitative estimate of drug-likeness (QED) is 0.635. The van der Waals surface area contributed by atoms with Crippen molar-refractivity contribution in [3.63, 3.8) is 0 Å². The van der Waals surface area contributed by atoms with E-state index in [9.17, 15) is 4.79 Å². The van der Waals surface area contributed by atoms with E-state index in [0.29, 0.717) is 12.6 Å². The summed E-state index contributed by atoms with van der Waals surface area (Å²) in [5.41, 5.74) is 0. The van der Waals surface area contributed by atoms with Gasteiger partial charge in [0.2, 0.25) is 5.91 Å². The number of amides is 1. The van der Waals surface area contributed by atoms with Crippen LogP contribution in [0.3, 0.4) is 0 Å². The van der Waals surface area contributed by atoms with Gasteiger partial charge in [-0.2, -0.15) is 0 Å². The standard InChI is InChI=1S/C10H19N3O/c1-8-11-7-10(14)13(8)9-3-5-12(2)6-4-9/h8-9,11H,3-7H2,1-2H3. The zero-order valence-electron chi connectivity index (χ0n) is 8.99. The van der Waals surface area contributed by atoms with Crippen molar-refractivity contribution in [1.29, 1.82) is 0 Å². The molecule has 0 saturated carbocycles. The highest BCUT2D eigenvalue weighted by molar-refractivity contribution is 5.80. The second kappa shape index (κ2) is 3.87. The molecule has 0 aliphatic carbocycles. The van der Waals surface area contributed by atoms with Gasteiger partial charge in [0.1, 0.15) is 0 Å². The number of carbonyl (C=O) groups excluding carboxylic acids is 1. The van der Waals surface area contributed by atoms with E-state index < -0.39 is 0 Å². The Morgan fingerprint density at radius 1 is 1.36 bits per heavy atom. The van der Waals surface area contributed by atoms with Crippen LogP contribution in [-0.4, -0.2) is 54.6 Å². The number of hydrogen-bond donors (Lipinski definition) is 1. The molecule has 2 rings (SSSR count). The van der Waals surface area contributed by atoms with Crippen LogP contribution in [0, 0.1) is 0 Å². The van der Waals surface area contributed by atoms with Crippen molar-refractivity contribution in [3.05, 3.63) is 0 Å². The van der Waals surface area contributed by atoms with Gasteiger partial charge < -0.3 is 9.80 Å². The lowest BCUT2D eigenvalue weighted by molar-refractivity contribution is -0.130. The lowest BCUT2D eigenvalue weighted by Crippen LogP contribution is -2.48. The summed E-state index contributed by atoms with van der Waals surface area (Å²) < 4.78 is 0. The summed E-state index contributed by atoms with van der Waals surface area (Å²) in [6.45, 7) is 4.82. The highest BCUT2D eigenvalue weighted by Crippen LogP contribution is 2.19. The van der Waals surface area contributed by atoms with Crippen LogP contribution in [0.25, 0.3) is 0 Å². The zero-order chi connectivity index (χ0) is 10.1. The summed E-state index contributed by atoms with van der Waals surface area (Å²) in [6.07, 6.45) is 2.47. The van der Waals surface area contributed by atoms with E-state index in [2.05, 4.69) is 24.2 Å². The molecule has 14 heavy (non-hydrogen) atoms. The lowest BCUT2D eigenvalue weighted by atomic mass is 10.0. The first kappa shape index (κ1) is 9.93. The highest BCUT2D eigenvalue weighted by Gasteiger charge is 2.34. The number of hydrogen-bond acceptors (Lipinski definition) is 3. The Hall–Kier alpha value is -0.610. The molecular formula is C10H19N3O. The van der Waals surface area contributed by atoms with Gasteiger partial charge in [-0.15, -0.1) is 0 Å². The van der Waals surface area contributed by atoms with Crippen LogP contribution in [0.15, 0.2) is 0 Å². The van der Waals surface area contributed by atoms with Crippen molar-refractivity contribution in [1.82, 2.24) is 15.1 Å². The third-order valence-corrected chi connectivity index (χ3v) is 3.34. The molecule has 0 radical (unpaired) electrons. The number of nitrogens with one attached hydrogen (secondary N) is 1. The second-order valence-electron chi connectivity index (χ2n) is 4.39. The van der Waals surface area contributed by atoms with Gasteiger partial charge in [-0.3, -0.25) is 10.1 Å². The van der Waals surface area contributed by atoms with Gasteiger partial charge in [-0.05, 0) is 39.9 Å². The minimum Gasteiger partial charge on any atom is -0.323 e. The number of rotatable bonds is 1. The van der Waals surface area contributed by atoms with Gasteiger partial charge in [-0.1, -0.05) is 0 Å². The maximum Gasteiger partial charge on any atom is 0.238 e. The lowest BCUT2D eigenvalue weighted by Gasteiger charge is -2.36. The molecule has 2 saturated heterocycles. The van der Waals surface area contributed by atoms with Gasteiger partial charge in [0.05, 0.1) is 12.7 Å². The summed E-state index contributed by atoms with van der Waals surface area (Å²) >= 11 is 0.